The van der Waals surface area contributed by atoms with E-state index >= 15 is 0 Å². The van der Waals surface area contributed by atoms with Crippen LogP contribution in [-0.4, -0.2) is 26.7 Å². The Labute approximate surface area is 93.6 Å². The molecule has 1 aromatic rings. The number of aryl methyl sites for hydroxylation is 1. The van der Waals surface area contributed by atoms with Gasteiger partial charge in [-0.25, -0.2) is 0 Å². The molecule has 0 fully saturated rings. The Morgan fingerprint density at radius 2 is 2.47 bits per heavy atom. The van der Waals surface area contributed by atoms with Gasteiger partial charge in [-0.3, -0.25) is 9.48 Å². The number of nitrogens with two attached hydrogens (primary N) is 1. The molecule has 0 saturated heterocycles. The van der Waals surface area contributed by atoms with Gasteiger partial charge in [-0.05, 0) is 13.0 Å². The number of nitrogens with zero attached hydrogens (tertiary/aromatic N) is 2. The molecule has 6 heteroatoms. The fraction of sp³-hybridized carbons (Fsp3) is 0.444. The lowest BCUT2D eigenvalue weighted by molar-refractivity contribution is 0.0932. The quantitative estimate of drug-likeness (QED) is 0.720. The van der Waals surface area contributed by atoms with Crippen LogP contribution in [0.3, 0.4) is 0 Å². The fourth-order valence-electron chi connectivity index (χ4n) is 1.25. The Morgan fingerprint density at radius 3 is 2.93 bits per heavy atom. The van der Waals surface area contributed by atoms with Crippen LogP contribution in [0.4, 0.5) is 0 Å². The van der Waals surface area contributed by atoms with Crippen molar-refractivity contribution in [2.45, 2.75) is 19.4 Å². The predicted octanol–water partition coefficient (Wildman–Crippen LogP) is 0.215. The summed E-state index contributed by atoms with van der Waals surface area (Å²) < 4.78 is 1.52. The van der Waals surface area contributed by atoms with Gasteiger partial charge in [0.05, 0.1) is 4.99 Å². The first-order valence-electron chi connectivity index (χ1n) is 4.58. The molecule has 82 valence electrons. The van der Waals surface area contributed by atoms with Crippen molar-refractivity contribution >= 4 is 23.1 Å². The molecule has 1 heterocycles. The van der Waals surface area contributed by atoms with Gasteiger partial charge in [0.2, 0.25) is 0 Å². The van der Waals surface area contributed by atoms with Crippen molar-refractivity contribution in [3.63, 3.8) is 0 Å². The first kappa shape index (κ1) is 11.6. The van der Waals surface area contributed by atoms with Crippen molar-refractivity contribution in [2.75, 3.05) is 0 Å². The van der Waals surface area contributed by atoms with E-state index in [1.807, 2.05) is 6.92 Å². The number of aromatic nitrogens is 2. The largest absolute Gasteiger partial charge is 0.393 e. The van der Waals surface area contributed by atoms with Crippen LogP contribution >= 0.6 is 12.2 Å². The number of carbonyl (C=O) groups excluding carboxylic acids is 1. The summed E-state index contributed by atoms with van der Waals surface area (Å²) in [5.74, 6) is -0.168. The van der Waals surface area contributed by atoms with E-state index in [2.05, 4.69) is 10.4 Å². The molecular formula is C9H14N4OS. The molecule has 1 atom stereocenters. The van der Waals surface area contributed by atoms with Crippen molar-refractivity contribution < 1.29 is 4.79 Å². The zero-order valence-electron chi connectivity index (χ0n) is 8.73. The highest BCUT2D eigenvalue weighted by molar-refractivity contribution is 7.80. The molecule has 0 radical (unpaired) electrons. The van der Waals surface area contributed by atoms with E-state index in [1.165, 1.54) is 4.68 Å². The molecule has 0 saturated carbocycles. The fourth-order valence-corrected chi connectivity index (χ4v) is 1.50. The molecule has 0 aliphatic heterocycles. The van der Waals surface area contributed by atoms with Gasteiger partial charge < -0.3 is 11.1 Å². The van der Waals surface area contributed by atoms with Crippen LogP contribution in [0, 0.1) is 0 Å². The van der Waals surface area contributed by atoms with Crippen LogP contribution in [0.1, 0.15) is 23.8 Å². The average Bonchev–Trinajstić information content (AvgIpc) is 2.49. The standard InChI is InChI=1S/C9H14N4OS/c1-6(5-8(10)15)12-9(14)7-3-4-11-13(7)2/h3-4,6H,5H2,1-2H3,(H2,10,15)(H,12,14). The highest BCUT2D eigenvalue weighted by atomic mass is 32.1. The maximum Gasteiger partial charge on any atom is 0.269 e. The third kappa shape index (κ3) is 3.32. The topological polar surface area (TPSA) is 72.9 Å². The zero-order valence-corrected chi connectivity index (χ0v) is 9.54. The predicted molar refractivity (Wildman–Crippen MR) is 61.5 cm³/mol. The molecule has 15 heavy (non-hydrogen) atoms. The monoisotopic (exact) mass is 226 g/mol. The minimum absolute atomic E-state index is 0.0649. The lowest BCUT2D eigenvalue weighted by Crippen LogP contribution is -2.36. The Balaban J connectivity index is 2.56. The van der Waals surface area contributed by atoms with E-state index in [4.69, 9.17) is 18.0 Å². The van der Waals surface area contributed by atoms with Crippen molar-refractivity contribution in [3.05, 3.63) is 18.0 Å². The van der Waals surface area contributed by atoms with Gasteiger partial charge >= 0.3 is 0 Å². The Morgan fingerprint density at radius 1 is 1.80 bits per heavy atom. The Bertz CT molecular complexity index is 374. The van der Waals surface area contributed by atoms with Crippen LogP contribution in [-0.2, 0) is 7.05 Å². The number of amides is 1. The lowest BCUT2D eigenvalue weighted by Gasteiger charge is -2.12. The normalized spacial score (nSPS) is 12.1. The van der Waals surface area contributed by atoms with E-state index in [0.29, 0.717) is 17.1 Å². The van der Waals surface area contributed by atoms with Crippen molar-refractivity contribution in [2.24, 2.45) is 12.8 Å². The smallest absolute Gasteiger partial charge is 0.269 e. The van der Waals surface area contributed by atoms with Crippen LogP contribution < -0.4 is 11.1 Å². The summed E-state index contributed by atoms with van der Waals surface area (Å²) in [6.07, 6.45) is 2.08. The highest BCUT2D eigenvalue weighted by Gasteiger charge is 2.12. The van der Waals surface area contributed by atoms with Crippen molar-refractivity contribution in [1.82, 2.24) is 15.1 Å². The SMILES string of the molecule is CC(CC(N)=S)NC(=O)c1ccnn1C. The van der Waals surface area contributed by atoms with Gasteiger partial charge in [0.25, 0.3) is 5.91 Å². The Hall–Kier alpha value is -1.43. The average molecular weight is 226 g/mol. The number of nitrogens with one attached hydrogen (secondary N) is 1. The third-order valence-corrected chi connectivity index (χ3v) is 2.11. The maximum atomic E-state index is 11.7. The van der Waals surface area contributed by atoms with Gasteiger partial charge in [0.15, 0.2) is 0 Å². The minimum Gasteiger partial charge on any atom is -0.393 e. The Kier molecular flexibility index (Phi) is 3.79. The number of carbonyl (C=O) groups is 1. The van der Waals surface area contributed by atoms with E-state index in [0.717, 1.165) is 0 Å². The zero-order chi connectivity index (χ0) is 11.4. The van der Waals surface area contributed by atoms with Crippen molar-refractivity contribution in [3.8, 4) is 0 Å². The number of thiocarbonyl (C=S) groups is 1. The molecule has 1 rings (SSSR count). The molecular weight excluding hydrogens is 212 g/mol. The van der Waals surface area contributed by atoms with Gasteiger partial charge in [0.1, 0.15) is 5.69 Å². The molecule has 0 spiro atoms. The van der Waals surface area contributed by atoms with Crippen LogP contribution in [0.5, 0.6) is 0 Å². The molecule has 5 nitrogen and oxygen atoms in total. The maximum absolute atomic E-state index is 11.7. The van der Waals surface area contributed by atoms with Crippen LogP contribution in [0.15, 0.2) is 12.3 Å². The number of hydrogen-bond donors (Lipinski definition) is 2. The van der Waals surface area contributed by atoms with E-state index in [1.54, 1.807) is 19.3 Å². The van der Waals surface area contributed by atoms with Gasteiger partial charge in [0, 0.05) is 25.7 Å². The first-order chi connectivity index (χ1) is 7.00. The summed E-state index contributed by atoms with van der Waals surface area (Å²) >= 11 is 4.76. The number of hydrogen-bond acceptors (Lipinski definition) is 3. The highest BCUT2D eigenvalue weighted by Crippen LogP contribution is 1.98. The first-order valence-corrected chi connectivity index (χ1v) is 4.98. The summed E-state index contributed by atoms with van der Waals surface area (Å²) in [7, 11) is 1.72. The molecule has 1 aromatic heterocycles. The van der Waals surface area contributed by atoms with E-state index in [9.17, 15) is 4.79 Å². The summed E-state index contributed by atoms with van der Waals surface area (Å²) in [4.78, 5) is 12.1. The van der Waals surface area contributed by atoms with Gasteiger partial charge in [-0.15, -0.1) is 0 Å². The second-order valence-corrected chi connectivity index (χ2v) is 3.91. The lowest BCUT2D eigenvalue weighted by atomic mass is 10.2. The third-order valence-electron chi connectivity index (χ3n) is 1.94. The molecule has 1 unspecified atom stereocenters. The summed E-state index contributed by atoms with van der Waals surface area (Å²) in [6.45, 7) is 1.85. The van der Waals surface area contributed by atoms with Crippen molar-refractivity contribution in [1.29, 1.82) is 0 Å². The van der Waals surface area contributed by atoms with E-state index in [-0.39, 0.29) is 11.9 Å². The molecule has 0 aliphatic carbocycles. The molecule has 1 amide bonds. The molecule has 0 bridgehead atoms. The van der Waals surface area contributed by atoms with Gasteiger partial charge in [-0.2, -0.15) is 5.10 Å². The minimum atomic E-state index is -0.168. The van der Waals surface area contributed by atoms with Crippen LogP contribution in [0.25, 0.3) is 0 Å². The van der Waals surface area contributed by atoms with E-state index < -0.39 is 0 Å². The molecule has 0 aromatic carbocycles. The molecule has 0 aliphatic rings. The second kappa shape index (κ2) is 4.88. The summed E-state index contributed by atoms with van der Waals surface area (Å²) in [5.41, 5.74) is 5.90. The summed E-state index contributed by atoms with van der Waals surface area (Å²) in [5, 5.41) is 6.70. The molecule has 3 N–H and O–H groups in total. The summed E-state index contributed by atoms with van der Waals surface area (Å²) in [6, 6.07) is 1.59. The van der Waals surface area contributed by atoms with Crippen LogP contribution in [0.2, 0.25) is 0 Å². The second-order valence-electron chi connectivity index (χ2n) is 3.39. The number of rotatable bonds is 4. The van der Waals surface area contributed by atoms with Gasteiger partial charge in [-0.1, -0.05) is 12.2 Å².